The summed E-state index contributed by atoms with van der Waals surface area (Å²) in [6.07, 6.45) is 5.10. The van der Waals surface area contributed by atoms with Crippen LogP contribution in [-0.4, -0.2) is 18.1 Å². The Morgan fingerprint density at radius 1 is 1.41 bits per heavy atom. The van der Waals surface area contributed by atoms with E-state index in [9.17, 15) is 8.78 Å². The number of halogens is 3. The molecule has 0 spiro atoms. The second-order valence-corrected chi connectivity index (χ2v) is 5.21. The van der Waals surface area contributed by atoms with E-state index in [4.69, 9.17) is 6.42 Å². The Morgan fingerprint density at radius 3 is 2.88 bits per heavy atom. The molecule has 0 radical (unpaired) electrons. The molecule has 1 N–H and O–H groups in total. The van der Waals surface area contributed by atoms with Crippen LogP contribution in [0.3, 0.4) is 0 Å². The second-order valence-electron chi connectivity index (χ2n) is 3.26. The first-order valence-electron chi connectivity index (χ1n) is 5.01. The third-order valence-electron chi connectivity index (χ3n) is 2.05. The molecule has 0 saturated heterocycles. The number of rotatable bonds is 6. The fraction of sp³-hybridized carbons (Fsp3) is 0.333. The molecule has 0 saturated carbocycles. The van der Waals surface area contributed by atoms with Crippen molar-refractivity contribution in [1.29, 1.82) is 0 Å². The normalized spacial score (nSPS) is 10.2. The Kier molecular flexibility index (Phi) is 6.56. The Morgan fingerprint density at radius 2 is 2.18 bits per heavy atom. The van der Waals surface area contributed by atoms with Crippen molar-refractivity contribution in [3.63, 3.8) is 0 Å². The number of nitrogens with one attached hydrogen (secondary N) is 1. The molecule has 0 atom stereocenters. The number of benzene rings is 1. The van der Waals surface area contributed by atoms with Gasteiger partial charge in [0.2, 0.25) is 0 Å². The van der Waals surface area contributed by atoms with Crippen molar-refractivity contribution in [2.75, 3.05) is 18.1 Å². The average Bonchev–Trinajstić information content (AvgIpc) is 2.32. The number of thioether (sulfide) groups is 1. The Balaban J connectivity index is 2.42. The predicted octanol–water partition coefficient (Wildman–Crippen LogP) is 3.18. The zero-order valence-electron chi connectivity index (χ0n) is 9.10. The summed E-state index contributed by atoms with van der Waals surface area (Å²) in [6, 6.07) is 2.61. The van der Waals surface area contributed by atoms with Gasteiger partial charge in [0.15, 0.2) is 0 Å². The van der Waals surface area contributed by atoms with Crippen LogP contribution in [0.5, 0.6) is 0 Å². The highest BCUT2D eigenvalue weighted by Crippen LogP contribution is 2.21. The van der Waals surface area contributed by atoms with Gasteiger partial charge >= 0.3 is 0 Å². The molecule has 92 valence electrons. The fourth-order valence-corrected chi connectivity index (χ4v) is 2.14. The summed E-state index contributed by atoms with van der Waals surface area (Å²) < 4.78 is 27.1. The molecule has 0 bridgehead atoms. The predicted molar refractivity (Wildman–Crippen MR) is 71.9 cm³/mol. The molecule has 17 heavy (non-hydrogen) atoms. The summed E-state index contributed by atoms with van der Waals surface area (Å²) in [5.74, 6) is 2.91. The SMILES string of the molecule is C#CCSCCNCc1c(F)ccc(Br)c1F. The lowest BCUT2D eigenvalue weighted by molar-refractivity contribution is 0.536. The van der Waals surface area contributed by atoms with Crippen molar-refractivity contribution in [1.82, 2.24) is 5.32 Å². The van der Waals surface area contributed by atoms with Gasteiger partial charge in [-0.3, -0.25) is 0 Å². The van der Waals surface area contributed by atoms with Crippen molar-refractivity contribution in [3.8, 4) is 12.3 Å². The molecule has 1 aromatic carbocycles. The summed E-state index contributed by atoms with van der Waals surface area (Å²) in [5, 5.41) is 2.98. The van der Waals surface area contributed by atoms with Crippen LogP contribution < -0.4 is 5.32 Å². The van der Waals surface area contributed by atoms with Crippen LogP contribution in [0.25, 0.3) is 0 Å². The third-order valence-corrected chi connectivity index (χ3v) is 3.53. The Hall–Kier alpha value is -0.570. The highest BCUT2D eigenvalue weighted by Gasteiger charge is 2.11. The smallest absolute Gasteiger partial charge is 0.144 e. The molecule has 0 aromatic heterocycles. The van der Waals surface area contributed by atoms with E-state index in [1.54, 1.807) is 11.8 Å². The van der Waals surface area contributed by atoms with E-state index in [0.29, 0.717) is 12.3 Å². The van der Waals surface area contributed by atoms with Gasteiger partial charge in [-0.1, -0.05) is 5.92 Å². The van der Waals surface area contributed by atoms with Crippen molar-refractivity contribution in [2.24, 2.45) is 0 Å². The first kappa shape index (κ1) is 14.5. The average molecular weight is 320 g/mol. The van der Waals surface area contributed by atoms with E-state index in [2.05, 4.69) is 27.2 Å². The zero-order chi connectivity index (χ0) is 12.7. The molecule has 1 rings (SSSR count). The number of hydrogen-bond acceptors (Lipinski definition) is 2. The third kappa shape index (κ3) is 4.66. The summed E-state index contributed by atoms with van der Waals surface area (Å²) in [4.78, 5) is 0. The molecule has 0 unspecified atom stereocenters. The summed E-state index contributed by atoms with van der Waals surface area (Å²) in [7, 11) is 0. The summed E-state index contributed by atoms with van der Waals surface area (Å²) in [6.45, 7) is 0.839. The maximum absolute atomic E-state index is 13.5. The zero-order valence-corrected chi connectivity index (χ0v) is 11.5. The standard InChI is InChI=1S/C12H12BrF2NS/c1-2-6-17-7-5-16-8-9-11(14)4-3-10(13)12(9)15/h1,3-4,16H,5-8H2. The molecular weight excluding hydrogens is 308 g/mol. The molecule has 0 aliphatic rings. The minimum atomic E-state index is -0.547. The van der Waals surface area contributed by atoms with Gasteiger partial charge in [0.1, 0.15) is 11.6 Å². The van der Waals surface area contributed by atoms with E-state index in [0.717, 1.165) is 5.75 Å². The monoisotopic (exact) mass is 319 g/mol. The van der Waals surface area contributed by atoms with Gasteiger partial charge < -0.3 is 5.32 Å². The molecule has 5 heteroatoms. The molecular formula is C12H12BrF2NS. The van der Waals surface area contributed by atoms with Crippen LogP contribution in [0.1, 0.15) is 5.56 Å². The van der Waals surface area contributed by atoms with Gasteiger partial charge in [0, 0.05) is 24.4 Å². The maximum Gasteiger partial charge on any atom is 0.144 e. The van der Waals surface area contributed by atoms with E-state index in [1.165, 1.54) is 12.1 Å². The lowest BCUT2D eigenvalue weighted by Crippen LogP contribution is -2.18. The minimum absolute atomic E-state index is 0.0568. The first-order valence-corrected chi connectivity index (χ1v) is 6.96. The van der Waals surface area contributed by atoms with Crippen LogP contribution in [-0.2, 0) is 6.54 Å². The fourth-order valence-electron chi connectivity index (χ4n) is 1.22. The van der Waals surface area contributed by atoms with E-state index < -0.39 is 11.6 Å². The number of hydrogen-bond donors (Lipinski definition) is 1. The molecule has 1 nitrogen and oxygen atoms in total. The van der Waals surface area contributed by atoms with Gasteiger partial charge in [0.25, 0.3) is 0 Å². The summed E-state index contributed by atoms with van der Waals surface area (Å²) >= 11 is 4.63. The largest absolute Gasteiger partial charge is 0.312 e. The van der Waals surface area contributed by atoms with Gasteiger partial charge in [-0.25, -0.2) is 8.78 Å². The van der Waals surface area contributed by atoms with E-state index >= 15 is 0 Å². The highest BCUT2D eigenvalue weighted by molar-refractivity contribution is 9.10. The minimum Gasteiger partial charge on any atom is -0.312 e. The van der Waals surface area contributed by atoms with Crippen LogP contribution in [0, 0.1) is 24.0 Å². The van der Waals surface area contributed by atoms with Gasteiger partial charge in [-0.15, -0.1) is 18.2 Å². The Labute approximate surface area is 112 Å². The first-order chi connectivity index (χ1) is 8.16. The van der Waals surface area contributed by atoms with Gasteiger partial charge in [0.05, 0.1) is 10.2 Å². The molecule has 0 fully saturated rings. The van der Waals surface area contributed by atoms with Crippen LogP contribution in [0.2, 0.25) is 0 Å². The quantitative estimate of drug-likeness (QED) is 0.491. The van der Waals surface area contributed by atoms with Crippen LogP contribution >= 0.6 is 27.7 Å². The van der Waals surface area contributed by atoms with Crippen LogP contribution in [0.15, 0.2) is 16.6 Å². The molecule has 0 aliphatic carbocycles. The van der Waals surface area contributed by atoms with E-state index in [-0.39, 0.29) is 16.6 Å². The van der Waals surface area contributed by atoms with Gasteiger partial charge in [-0.05, 0) is 28.1 Å². The van der Waals surface area contributed by atoms with Crippen LogP contribution in [0.4, 0.5) is 8.78 Å². The van der Waals surface area contributed by atoms with Crippen molar-refractivity contribution in [2.45, 2.75) is 6.54 Å². The summed E-state index contributed by atoms with van der Waals surface area (Å²) in [5.41, 5.74) is 0.0568. The lowest BCUT2D eigenvalue weighted by atomic mass is 10.2. The topological polar surface area (TPSA) is 12.0 Å². The lowest BCUT2D eigenvalue weighted by Gasteiger charge is -2.07. The molecule has 0 amide bonds. The van der Waals surface area contributed by atoms with Crippen molar-refractivity contribution in [3.05, 3.63) is 33.8 Å². The van der Waals surface area contributed by atoms with Gasteiger partial charge in [-0.2, -0.15) is 0 Å². The molecule has 0 aliphatic heterocycles. The maximum atomic E-state index is 13.5. The second kappa shape index (κ2) is 7.70. The number of terminal acetylenes is 1. The Bertz CT molecular complexity index is 418. The highest BCUT2D eigenvalue weighted by atomic mass is 79.9. The van der Waals surface area contributed by atoms with Crippen molar-refractivity contribution < 1.29 is 8.78 Å². The van der Waals surface area contributed by atoms with E-state index in [1.807, 2.05) is 0 Å². The molecule has 1 aromatic rings. The molecule has 0 heterocycles. The van der Waals surface area contributed by atoms with Crippen molar-refractivity contribution >= 4 is 27.7 Å².